The molecule has 2 N–H and O–H groups in total. The molecule has 0 fully saturated rings. The quantitative estimate of drug-likeness (QED) is 0.712. The van der Waals surface area contributed by atoms with Gasteiger partial charge in [0, 0.05) is 36.2 Å². The number of fused-ring (bicyclic) bond motifs is 1. The highest BCUT2D eigenvalue weighted by Gasteiger charge is 2.15. The number of hydrogen-bond acceptors (Lipinski definition) is 5. The van der Waals surface area contributed by atoms with E-state index in [1.165, 1.54) is 0 Å². The summed E-state index contributed by atoms with van der Waals surface area (Å²) in [6, 6.07) is 12.0. The van der Waals surface area contributed by atoms with Gasteiger partial charge in [-0.05, 0) is 42.8 Å². The normalized spacial score (nSPS) is 12.3. The number of hydrogen-bond donors (Lipinski definition) is 2. The molecule has 148 valence electrons. The van der Waals surface area contributed by atoms with Gasteiger partial charge < -0.3 is 20.1 Å². The van der Waals surface area contributed by atoms with E-state index in [1.54, 1.807) is 60.4 Å². The fourth-order valence-electron chi connectivity index (χ4n) is 2.94. The molecule has 0 radical (unpaired) electrons. The van der Waals surface area contributed by atoms with Crippen molar-refractivity contribution in [3.05, 3.63) is 65.5 Å². The Labute approximate surface area is 167 Å². The van der Waals surface area contributed by atoms with E-state index in [2.05, 4.69) is 15.7 Å². The summed E-state index contributed by atoms with van der Waals surface area (Å²) in [6.45, 7) is 2.84. The molecule has 1 aliphatic heterocycles. The van der Waals surface area contributed by atoms with Crippen LogP contribution in [0.15, 0.2) is 48.7 Å². The molecule has 0 saturated carbocycles. The topological polar surface area (TPSA) is 94.5 Å². The molecule has 4 rings (SSSR count). The lowest BCUT2D eigenvalue weighted by Gasteiger charge is -2.19. The standard InChI is InChI=1S/C21H20N4O4/c1-13-3-4-14(11-17(13)23-21(27)16-7-8-25(2)24-16)20(26)22-15-5-6-18-19(12-15)29-10-9-28-18/h3-8,11-12H,9-10H2,1-2H3,(H,22,26)(H,23,27). The molecule has 8 nitrogen and oxygen atoms in total. The largest absolute Gasteiger partial charge is 0.486 e. The Morgan fingerprint density at radius 3 is 2.52 bits per heavy atom. The molecule has 2 amide bonds. The van der Waals surface area contributed by atoms with Crippen LogP contribution in [-0.4, -0.2) is 34.8 Å². The van der Waals surface area contributed by atoms with E-state index in [0.717, 1.165) is 5.56 Å². The molecule has 0 unspecified atom stereocenters. The van der Waals surface area contributed by atoms with E-state index in [0.29, 0.717) is 47.3 Å². The molecule has 0 aliphatic carbocycles. The van der Waals surface area contributed by atoms with Crippen LogP contribution in [0.2, 0.25) is 0 Å². The summed E-state index contributed by atoms with van der Waals surface area (Å²) in [4.78, 5) is 25.1. The predicted octanol–water partition coefficient (Wildman–Crippen LogP) is 3.00. The second-order valence-corrected chi connectivity index (χ2v) is 6.67. The molecular formula is C21H20N4O4. The number of aryl methyl sites for hydroxylation is 2. The molecule has 1 aliphatic rings. The third-order valence-electron chi connectivity index (χ3n) is 4.49. The first-order valence-corrected chi connectivity index (χ1v) is 9.12. The number of nitrogens with zero attached hydrogens (tertiary/aromatic N) is 2. The molecule has 2 heterocycles. The lowest BCUT2D eigenvalue weighted by atomic mass is 10.1. The lowest BCUT2D eigenvalue weighted by molar-refractivity contribution is 0.101. The van der Waals surface area contributed by atoms with E-state index >= 15 is 0 Å². The van der Waals surface area contributed by atoms with E-state index in [4.69, 9.17) is 9.47 Å². The third-order valence-corrected chi connectivity index (χ3v) is 4.49. The van der Waals surface area contributed by atoms with Gasteiger partial charge in [-0.2, -0.15) is 5.10 Å². The summed E-state index contributed by atoms with van der Waals surface area (Å²) < 4.78 is 12.6. The molecule has 0 saturated heterocycles. The monoisotopic (exact) mass is 392 g/mol. The van der Waals surface area contributed by atoms with Gasteiger partial charge in [-0.15, -0.1) is 0 Å². The van der Waals surface area contributed by atoms with Gasteiger partial charge in [-0.3, -0.25) is 14.3 Å². The van der Waals surface area contributed by atoms with Gasteiger partial charge in [-0.1, -0.05) is 6.07 Å². The summed E-state index contributed by atoms with van der Waals surface area (Å²) in [6.07, 6.45) is 1.69. The first-order chi connectivity index (χ1) is 14.0. The zero-order chi connectivity index (χ0) is 20.4. The summed E-state index contributed by atoms with van der Waals surface area (Å²) in [5.74, 6) is 0.624. The molecule has 0 atom stereocenters. The Kier molecular flexibility index (Phi) is 4.90. The number of carbonyl (C=O) groups is 2. The van der Waals surface area contributed by atoms with Crippen LogP contribution in [0.3, 0.4) is 0 Å². The van der Waals surface area contributed by atoms with Crippen LogP contribution in [0.4, 0.5) is 11.4 Å². The fourth-order valence-corrected chi connectivity index (χ4v) is 2.94. The van der Waals surface area contributed by atoms with Crippen molar-refractivity contribution in [2.75, 3.05) is 23.8 Å². The van der Waals surface area contributed by atoms with Crippen molar-refractivity contribution in [2.45, 2.75) is 6.92 Å². The second-order valence-electron chi connectivity index (χ2n) is 6.67. The Balaban J connectivity index is 1.50. The van der Waals surface area contributed by atoms with Gasteiger partial charge in [-0.25, -0.2) is 0 Å². The number of carbonyl (C=O) groups excluding carboxylic acids is 2. The number of ether oxygens (including phenoxy) is 2. The minimum Gasteiger partial charge on any atom is -0.486 e. The van der Waals surface area contributed by atoms with E-state index in [-0.39, 0.29) is 11.8 Å². The molecular weight excluding hydrogens is 372 g/mol. The van der Waals surface area contributed by atoms with Gasteiger partial charge >= 0.3 is 0 Å². The van der Waals surface area contributed by atoms with Gasteiger partial charge in [0.05, 0.1) is 0 Å². The maximum absolute atomic E-state index is 12.7. The van der Waals surface area contributed by atoms with Crippen molar-refractivity contribution in [2.24, 2.45) is 7.05 Å². The highest BCUT2D eigenvalue weighted by Crippen LogP contribution is 2.32. The second kappa shape index (κ2) is 7.67. The molecule has 3 aromatic rings. The summed E-state index contributed by atoms with van der Waals surface area (Å²) >= 11 is 0. The first kappa shape index (κ1) is 18.5. The van der Waals surface area contributed by atoms with Crippen LogP contribution in [0.1, 0.15) is 26.4 Å². The van der Waals surface area contributed by atoms with Gasteiger partial charge in [0.15, 0.2) is 17.2 Å². The van der Waals surface area contributed by atoms with Gasteiger partial charge in [0.25, 0.3) is 11.8 Å². The van der Waals surface area contributed by atoms with Crippen molar-refractivity contribution >= 4 is 23.2 Å². The third kappa shape index (κ3) is 4.06. The summed E-state index contributed by atoms with van der Waals surface area (Å²) in [5, 5.41) is 9.74. The average Bonchev–Trinajstić information content (AvgIpc) is 3.16. The number of rotatable bonds is 4. The minimum absolute atomic E-state index is 0.296. The van der Waals surface area contributed by atoms with Crippen LogP contribution in [0.5, 0.6) is 11.5 Å². The van der Waals surface area contributed by atoms with Crippen LogP contribution >= 0.6 is 0 Å². The van der Waals surface area contributed by atoms with Gasteiger partial charge in [0.1, 0.15) is 13.2 Å². The number of amides is 2. The van der Waals surface area contributed by atoms with Gasteiger partial charge in [0.2, 0.25) is 0 Å². The Hall–Kier alpha value is -3.81. The maximum atomic E-state index is 12.7. The molecule has 8 heteroatoms. The minimum atomic E-state index is -0.335. The Morgan fingerprint density at radius 2 is 1.76 bits per heavy atom. The highest BCUT2D eigenvalue weighted by molar-refractivity contribution is 6.07. The maximum Gasteiger partial charge on any atom is 0.276 e. The summed E-state index contributed by atoms with van der Waals surface area (Å²) in [7, 11) is 1.74. The zero-order valence-corrected chi connectivity index (χ0v) is 16.1. The summed E-state index contributed by atoms with van der Waals surface area (Å²) in [5.41, 5.74) is 2.71. The number of benzene rings is 2. The Bertz CT molecular complexity index is 1090. The van der Waals surface area contributed by atoms with Crippen molar-refractivity contribution in [1.82, 2.24) is 9.78 Å². The van der Waals surface area contributed by atoms with Crippen molar-refractivity contribution < 1.29 is 19.1 Å². The number of anilines is 2. The molecule has 1 aromatic heterocycles. The van der Waals surface area contributed by atoms with E-state index in [9.17, 15) is 9.59 Å². The van der Waals surface area contributed by atoms with E-state index < -0.39 is 0 Å². The Morgan fingerprint density at radius 1 is 0.966 bits per heavy atom. The van der Waals surface area contributed by atoms with Crippen molar-refractivity contribution in [1.29, 1.82) is 0 Å². The number of aromatic nitrogens is 2. The first-order valence-electron chi connectivity index (χ1n) is 9.12. The number of nitrogens with one attached hydrogen (secondary N) is 2. The van der Waals surface area contributed by atoms with E-state index in [1.807, 2.05) is 6.92 Å². The molecule has 0 bridgehead atoms. The van der Waals surface area contributed by atoms with Crippen molar-refractivity contribution in [3.8, 4) is 11.5 Å². The smallest absolute Gasteiger partial charge is 0.276 e. The van der Waals surface area contributed by atoms with Crippen molar-refractivity contribution in [3.63, 3.8) is 0 Å². The van der Waals surface area contributed by atoms with Crippen LogP contribution in [0.25, 0.3) is 0 Å². The van der Waals surface area contributed by atoms with Crippen LogP contribution in [-0.2, 0) is 7.05 Å². The zero-order valence-electron chi connectivity index (χ0n) is 16.1. The molecule has 0 spiro atoms. The fraction of sp³-hybridized carbons (Fsp3) is 0.190. The van der Waals surface area contributed by atoms with Crippen LogP contribution in [0, 0.1) is 6.92 Å². The SMILES string of the molecule is Cc1ccc(C(=O)Nc2ccc3c(c2)OCCO3)cc1NC(=O)c1ccn(C)n1. The lowest BCUT2D eigenvalue weighted by Crippen LogP contribution is -2.17. The van der Waals surface area contributed by atoms with Crippen LogP contribution < -0.4 is 20.1 Å². The average molecular weight is 392 g/mol. The highest BCUT2D eigenvalue weighted by atomic mass is 16.6. The molecule has 29 heavy (non-hydrogen) atoms. The predicted molar refractivity (Wildman–Crippen MR) is 108 cm³/mol. The molecule has 2 aromatic carbocycles.